The minimum absolute atomic E-state index is 0.0649. The molecule has 0 aliphatic rings. The minimum atomic E-state index is -0.570. The molecule has 1 aromatic carbocycles. The van der Waals surface area contributed by atoms with Gasteiger partial charge in [-0.1, -0.05) is 11.6 Å². The highest BCUT2D eigenvalue weighted by Crippen LogP contribution is 2.24. The number of rotatable bonds is 7. The second-order valence-electron chi connectivity index (χ2n) is 7.44. The summed E-state index contributed by atoms with van der Waals surface area (Å²) in [5.74, 6) is 0.289. The molecule has 1 N–H and O–H groups in total. The fraction of sp³-hybridized carbons (Fsp3) is 0.167. The number of esters is 1. The van der Waals surface area contributed by atoms with Gasteiger partial charge in [0.25, 0.3) is 0 Å². The Labute approximate surface area is 209 Å². The highest BCUT2D eigenvalue weighted by atomic mass is 35.5. The number of benzene rings is 1. The molecule has 3 heterocycles. The monoisotopic (exact) mass is 508 g/mol. The molecule has 11 nitrogen and oxygen atoms in total. The molecule has 3 aromatic heterocycles. The van der Waals surface area contributed by atoms with Crippen LogP contribution in [0.3, 0.4) is 0 Å². The lowest BCUT2D eigenvalue weighted by molar-refractivity contribution is 0.0600. The lowest BCUT2D eigenvalue weighted by Gasteiger charge is -2.10. The molecular weight excluding hydrogens is 488 g/mol. The molecule has 0 spiro atoms. The molecule has 0 atom stereocenters. The molecule has 4 rings (SSSR count). The number of halogens is 1. The molecular formula is C24H21ClN6O5. The van der Waals surface area contributed by atoms with Gasteiger partial charge in [0.15, 0.2) is 0 Å². The van der Waals surface area contributed by atoms with Gasteiger partial charge in [0, 0.05) is 18.9 Å². The van der Waals surface area contributed by atoms with Crippen LogP contribution in [0, 0.1) is 0 Å². The van der Waals surface area contributed by atoms with Gasteiger partial charge in [0.2, 0.25) is 5.62 Å². The average Bonchev–Trinajstić information content (AvgIpc) is 2.88. The van der Waals surface area contributed by atoms with Gasteiger partial charge in [0.05, 0.1) is 41.8 Å². The number of ether oxygens (including phenoxy) is 2. The van der Waals surface area contributed by atoms with Gasteiger partial charge in [-0.05, 0) is 49.4 Å². The summed E-state index contributed by atoms with van der Waals surface area (Å²) < 4.78 is 12.8. The van der Waals surface area contributed by atoms with E-state index in [4.69, 9.17) is 16.3 Å². The molecule has 0 radical (unpaired) electrons. The Kier molecular flexibility index (Phi) is 7.40. The maximum Gasteiger partial charge on any atom is 0.339 e. The van der Waals surface area contributed by atoms with Crippen molar-refractivity contribution in [1.29, 1.82) is 0 Å². The van der Waals surface area contributed by atoms with Crippen LogP contribution in [0.2, 0.25) is 5.02 Å². The number of nitrogens with zero attached hydrogens (tertiary/aromatic N) is 5. The van der Waals surface area contributed by atoms with Crippen LogP contribution in [0.15, 0.2) is 75.6 Å². The Balaban J connectivity index is 1.66. The summed E-state index contributed by atoms with van der Waals surface area (Å²) in [6, 6.07) is 11.5. The van der Waals surface area contributed by atoms with E-state index in [2.05, 4.69) is 24.7 Å². The molecule has 0 fully saturated rings. The van der Waals surface area contributed by atoms with Gasteiger partial charge in [-0.25, -0.2) is 23.9 Å². The van der Waals surface area contributed by atoms with E-state index >= 15 is 0 Å². The summed E-state index contributed by atoms with van der Waals surface area (Å²) in [5.41, 5.74) is 0.265. The summed E-state index contributed by atoms with van der Waals surface area (Å²) in [4.78, 5) is 52.4. The Bertz CT molecular complexity index is 1570. The smallest absolute Gasteiger partial charge is 0.339 e. The SMILES string of the molecule is CCn1c(=O)[nH]/c(=N\c2ccc(Oc3cncc(C(=O)OC)c3)cc2)n(Cc2ccc(Cl)cn2)c1=O. The molecule has 0 saturated heterocycles. The third-order valence-corrected chi connectivity index (χ3v) is 5.27. The van der Waals surface area contributed by atoms with Gasteiger partial charge < -0.3 is 9.47 Å². The number of carbonyl (C=O) groups excluding carboxylic acids is 1. The number of aromatic nitrogens is 5. The van der Waals surface area contributed by atoms with E-state index < -0.39 is 17.3 Å². The Morgan fingerprint density at radius 3 is 2.50 bits per heavy atom. The standard InChI is InChI=1S/C24H21ClN6O5/c1-3-30-23(33)29-22(31(24(30)34)14-18-5-4-16(25)12-27-18)28-17-6-8-19(9-7-17)36-20-10-15(11-26-13-20)21(32)35-2/h4-13H,3,14H2,1-2H3,(H,28,29,33). The number of methoxy groups -OCH3 is 1. The number of pyridine rings is 2. The zero-order chi connectivity index (χ0) is 25.7. The van der Waals surface area contributed by atoms with Crippen molar-refractivity contribution in [3.63, 3.8) is 0 Å². The average molecular weight is 509 g/mol. The summed E-state index contributed by atoms with van der Waals surface area (Å²) in [6.45, 7) is 1.98. The van der Waals surface area contributed by atoms with Crippen molar-refractivity contribution in [2.45, 2.75) is 20.0 Å². The third-order valence-electron chi connectivity index (χ3n) is 5.05. The molecule has 0 amide bonds. The predicted octanol–water partition coefficient (Wildman–Crippen LogP) is 2.66. The maximum atomic E-state index is 13.0. The molecule has 0 bridgehead atoms. The van der Waals surface area contributed by atoms with Gasteiger partial charge in [-0.15, -0.1) is 0 Å². The van der Waals surface area contributed by atoms with E-state index in [9.17, 15) is 14.4 Å². The lowest BCUT2D eigenvalue weighted by Crippen LogP contribution is -2.49. The van der Waals surface area contributed by atoms with Crippen molar-refractivity contribution in [2.24, 2.45) is 4.99 Å². The summed E-state index contributed by atoms with van der Waals surface area (Å²) in [7, 11) is 1.28. The van der Waals surface area contributed by atoms with Crippen LogP contribution in [-0.4, -0.2) is 37.2 Å². The van der Waals surface area contributed by atoms with Crippen LogP contribution in [0.4, 0.5) is 5.69 Å². The van der Waals surface area contributed by atoms with Crippen molar-refractivity contribution in [3.8, 4) is 11.5 Å². The van der Waals surface area contributed by atoms with E-state index in [1.54, 1.807) is 43.3 Å². The molecule has 0 unspecified atom stereocenters. The molecule has 0 saturated carbocycles. The van der Waals surface area contributed by atoms with Crippen molar-refractivity contribution in [3.05, 3.63) is 104 Å². The zero-order valence-corrected chi connectivity index (χ0v) is 20.1. The van der Waals surface area contributed by atoms with Gasteiger partial charge in [0.1, 0.15) is 11.5 Å². The van der Waals surface area contributed by atoms with Crippen LogP contribution in [0.5, 0.6) is 11.5 Å². The fourth-order valence-corrected chi connectivity index (χ4v) is 3.39. The number of hydrogen-bond acceptors (Lipinski definition) is 8. The van der Waals surface area contributed by atoms with Crippen LogP contribution >= 0.6 is 11.6 Å². The van der Waals surface area contributed by atoms with Crippen LogP contribution < -0.4 is 21.7 Å². The van der Waals surface area contributed by atoms with Crippen LogP contribution in [-0.2, 0) is 17.8 Å². The van der Waals surface area contributed by atoms with Crippen molar-refractivity contribution in [2.75, 3.05) is 7.11 Å². The van der Waals surface area contributed by atoms with E-state index in [1.165, 1.54) is 36.3 Å². The first kappa shape index (κ1) is 24.6. The van der Waals surface area contributed by atoms with Crippen molar-refractivity contribution < 1.29 is 14.3 Å². The van der Waals surface area contributed by atoms with Crippen LogP contribution in [0.1, 0.15) is 23.0 Å². The number of hydrogen-bond donors (Lipinski definition) is 1. The first-order chi connectivity index (χ1) is 17.4. The summed E-state index contributed by atoms with van der Waals surface area (Å²) in [5, 5.41) is 0.469. The topological polar surface area (TPSA) is 133 Å². The van der Waals surface area contributed by atoms with E-state index in [0.29, 0.717) is 27.9 Å². The molecule has 184 valence electrons. The second kappa shape index (κ2) is 10.8. The number of aromatic amines is 1. The first-order valence-electron chi connectivity index (χ1n) is 10.8. The van der Waals surface area contributed by atoms with Gasteiger partial charge in [-0.2, -0.15) is 0 Å². The highest BCUT2D eigenvalue weighted by Gasteiger charge is 2.10. The Morgan fingerprint density at radius 1 is 1.06 bits per heavy atom. The van der Waals surface area contributed by atoms with Gasteiger partial charge in [-0.3, -0.25) is 19.5 Å². The number of nitrogens with one attached hydrogen (secondary N) is 1. The van der Waals surface area contributed by atoms with E-state index in [1.807, 2.05) is 0 Å². The van der Waals surface area contributed by atoms with Crippen molar-refractivity contribution in [1.82, 2.24) is 24.1 Å². The molecule has 0 aliphatic carbocycles. The summed E-state index contributed by atoms with van der Waals surface area (Å²) in [6.07, 6.45) is 4.32. The van der Waals surface area contributed by atoms with E-state index in [-0.39, 0.29) is 24.3 Å². The number of carbonyl (C=O) groups is 1. The predicted molar refractivity (Wildman–Crippen MR) is 131 cm³/mol. The lowest BCUT2D eigenvalue weighted by atomic mass is 10.3. The highest BCUT2D eigenvalue weighted by molar-refractivity contribution is 6.30. The normalized spacial score (nSPS) is 11.4. The maximum absolute atomic E-state index is 13.0. The largest absolute Gasteiger partial charge is 0.465 e. The second-order valence-corrected chi connectivity index (χ2v) is 7.88. The minimum Gasteiger partial charge on any atom is -0.465 e. The molecule has 36 heavy (non-hydrogen) atoms. The molecule has 4 aromatic rings. The Morgan fingerprint density at radius 2 is 1.83 bits per heavy atom. The summed E-state index contributed by atoms with van der Waals surface area (Å²) >= 11 is 5.91. The quantitative estimate of drug-likeness (QED) is 0.379. The van der Waals surface area contributed by atoms with Crippen molar-refractivity contribution >= 4 is 23.3 Å². The Hall–Kier alpha value is -4.51. The fourth-order valence-electron chi connectivity index (χ4n) is 3.28. The van der Waals surface area contributed by atoms with E-state index in [0.717, 1.165) is 4.57 Å². The first-order valence-corrected chi connectivity index (χ1v) is 11.2. The number of H-pyrrole nitrogens is 1. The zero-order valence-electron chi connectivity index (χ0n) is 19.3. The van der Waals surface area contributed by atoms with Gasteiger partial charge >= 0.3 is 17.3 Å². The molecule has 0 aliphatic heterocycles. The van der Waals surface area contributed by atoms with Crippen LogP contribution in [0.25, 0.3) is 0 Å². The molecule has 12 heteroatoms. The third kappa shape index (κ3) is 5.58.